The molecule has 2 unspecified atom stereocenters. The van der Waals surface area contributed by atoms with E-state index in [1.807, 2.05) is 0 Å². The molecule has 1 fully saturated rings. The smallest absolute Gasteiger partial charge is 0.107 e. The van der Waals surface area contributed by atoms with Crippen molar-refractivity contribution >= 4 is 0 Å². The largest absolute Gasteiger partial charge is 0.389 e. The Morgan fingerprint density at radius 3 is 2.18 bits per heavy atom. The van der Waals surface area contributed by atoms with Crippen LogP contribution in [0.1, 0.15) is 13.8 Å². The Labute approximate surface area is 66.0 Å². The summed E-state index contributed by atoms with van der Waals surface area (Å²) in [6.07, 6.45) is -2.25. The minimum atomic E-state index is -0.867. The zero-order valence-electron chi connectivity index (χ0n) is 6.77. The summed E-state index contributed by atoms with van der Waals surface area (Å²) in [5.41, 5.74) is 5.54. The van der Waals surface area contributed by atoms with E-state index in [9.17, 15) is 10.2 Å². The lowest BCUT2D eigenvalue weighted by atomic mass is 9.95. The maximum Gasteiger partial charge on any atom is 0.107 e. The van der Waals surface area contributed by atoms with Gasteiger partial charge in [-0.3, -0.25) is 0 Å². The van der Waals surface area contributed by atoms with Gasteiger partial charge in [0.2, 0.25) is 0 Å². The molecule has 0 aliphatic carbocycles. The fourth-order valence-corrected chi connectivity index (χ4v) is 1.29. The lowest BCUT2D eigenvalue weighted by molar-refractivity contribution is -0.166. The molecule has 1 saturated heterocycles. The normalized spacial score (nSPS) is 52.6. The van der Waals surface area contributed by atoms with Crippen LogP contribution in [-0.4, -0.2) is 40.7 Å². The maximum atomic E-state index is 9.33. The Hall–Kier alpha value is -0.160. The van der Waals surface area contributed by atoms with E-state index in [0.29, 0.717) is 0 Å². The van der Waals surface area contributed by atoms with Crippen molar-refractivity contribution in [2.45, 2.75) is 44.3 Å². The minimum absolute atomic E-state index is 0.191. The molecule has 1 rings (SSSR count). The quantitative estimate of drug-likeness (QED) is 0.419. The predicted molar refractivity (Wildman–Crippen MR) is 40.0 cm³/mol. The van der Waals surface area contributed by atoms with Crippen molar-refractivity contribution in [3.8, 4) is 0 Å². The van der Waals surface area contributed by atoms with Gasteiger partial charge >= 0.3 is 0 Å². The van der Waals surface area contributed by atoms with Crippen molar-refractivity contribution in [1.29, 1.82) is 0 Å². The number of aliphatic hydroxyl groups excluding tert-OH is 2. The maximum absolute atomic E-state index is 9.33. The SMILES string of the molecule is CC1O[C@@H](C)[C@@H](O)C(O)[C@@H]1N. The summed E-state index contributed by atoms with van der Waals surface area (Å²) in [6.45, 7) is 3.51. The monoisotopic (exact) mass is 161 g/mol. The number of hydrogen-bond acceptors (Lipinski definition) is 4. The van der Waals surface area contributed by atoms with Gasteiger partial charge in [-0.25, -0.2) is 0 Å². The molecule has 0 aromatic carbocycles. The van der Waals surface area contributed by atoms with Gasteiger partial charge in [0.1, 0.15) is 6.10 Å². The fraction of sp³-hybridized carbons (Fsp3) is 1.00. The van der Waals surface area contributed by atoms with Crippen molar-refractivity contribution in [3.63, 3.8) is 0 Å². The van der Waals surface area contributed by atoms with Crippen LogP contribution in [0.25, 0.3) is 0 Å². The topological polar surface area (TPSA) is 75.7 Å². The summed E-state index contributed by atoms with van der Waals surface area (Å²) in [7, 11) is 0. The second-order valence-corrected chi connectivity index (χ2v) is 3.10. The Morgan fingerprint density at radius 2 is 1.64 bits per heavy atom. The molecule has 1 aliphatic heterocycles. The van der Waals surface area contributed by atoms with E-state index in [2.05, 4.69) is 0 Å². The van der Waals surface area contributed by atoms with Crippen LogP contribution in [0.4, 0.5) is 0 Å². The first kappa shape index (κ1) is 8.93. The van der Waals surface area contributed by atoms with Crippen molar-refractivity contribution in [3.05, 3.63) is 0 Å². The molecular formula is C7H15NO3. The van der Waals surface area contributed by atoms with Crippen LogP contribution >= 0.6 is 0 Å². The molecular weight excluding hydrogens is 146 g/mol. The molecule has 5 atom stereocenters. The molecule has 1 aliphatic rings. The van der Waals surface area contributed by atoms with Crippen LogP contribution in [0.3, 0.4) is 0 Å². The average Bonchev–Trinajstić information content (AvgIpc) is 1.97. The van der Waals surface area contributed by atoms with Gasteiger partial charge in [-0.05, 0) is 13.8 Å². The first-order valence-electron chi connectivity index (χ1n) is 3.81. The lowest BCUT2D eigenvalue weighted by Gasteiger charge is -2.38. The van der Waals surface area contributed by atoms with E-state index < -0.39 is 18.2 Å². The summed E-state index contributed by atoms with van der Waals surface area (Å²) in [4.78, 5) is 0. The first-order chi connectivity index (χ1) is 5.04. The lowest BCUT2D eigenvalue weighted by Crippen LogP contribution is -2.59. The number of hydrogen-bond donors (Lipinski definition) is 3. The third-order valence-corrected chi connectivity index (χ3v) is 2.20. The average molecular weight is 161 g/mol. The van der Waals surface area contributed by atoms with Crippen LogP contribution in [-0.2, 0) is 4.74 Å². The number of ether oxygens (including phenoxy) is 1. The molecule has 0 aromatic rings. The highest BCUT2D eigenvalue weighted by Crippen LogP contribution is 2.18. The van der Waals surface area contributed by atoms with Crippen LogP contribution in [0.5, 0.6) is 0 Å². The zero-order chi connectivity index (χ0) is 8.59. The Bertz CT molecular complexity index is 128. The van der Waals surface area contributed by atoms with Gasteiger partial charge in [0.25, 0.3) is 0 Å². The first-order valence-corrected chi connectivity index (χ1v) is 3.81. The van der Waals surface area contributed by atoms with Crippen molar-refractivity contribution in [2.24, 2.45) is 5.73 Å². The van der Waals surface area contributed by atoms with E-state index in [4.69, 9.17) is 10.5 Å². The standard InChI is InChI=1S/C7H15NO3/c1-3-5(8)7(10)6(9)4(2)11-3/h3-7,9-10H,8H2,1-2H3/t3?,4-,5+,6+,7?/m0/s1. The second-order valence-electron chi connectivity index (χ2n) is 3.10. The molecule has 66 valence electrons. The van der Waals surface area contributed by atoms with E-state index in [1.54, 1.807) is 13.8 Å². The summed E-state index contributed by atoms with van der Waals surface area (Å²) >= 11 is 0. The second kappa shape index (κ2) is 3.06. The van der Waals surface area contributed by atoms with Gasteiger partial charge < -0.3 is 20.7 Å². The highest BCUT2D eigenvalue weighted by molar-refractivity contribution is 4.91. The molecule has 0 bridgehead atoms. The summed E-state index contributed by atoms with van der Waals surface area (Å²) < 4.78 is 5.25. The summed E-state index contributed by atoms with van der Waals surface area (Å²) in [6, 6.07) is -0.485. The molecule has 0 radical (unpaired) electrons. The Balaban J connectivity index is 2.63. The molecule has 4 N–H and O–H groups in total. The molecule has 0 amide bonds. The third-order valence-electron chi connectivity index (χ3n) is 2.20. The Kier molecular flexibility index (Phi) is 2.49. The molecule has 0 spiro atoms. The third kappa shape index (κ3) is 1.54. The van der Waals surface area contributed by atoms with E-state index in [1.165, 1.54) is 0 Å². The molecule has 4 nitrogen and oxygen atoms in total. The van der Waals surface area contributed by atoms with Gasteiger partial charge in [0.05, 0.1) is 24.4 Å². The van der Waals surface area contributed by atoms with E-state index in [0.717, 1.165) is 0 Å². The number of nitrogens with two attached hydrogens (primary N) is 1. The fourth-order valence-electron chi connectivity index (χ4n) is 1.29. The number of rotatable bonds is 0. The van der Waals surface area contributed by atoms with Crippen molar-refractivity contribution < 1.29 is 14.9 Å². The van der Waals surface area contributed by atoms with Gasteiger partial charge in [0, 0.05) is 0 Å². The number of aliphatic hydroxyl groups is 2. The van der Waals surface area contributed by atoms with Gasteiger partial charge in [-0.15, -0.1) is 0 Å². The molecule has 0 aromatic heterocycles. The van der Waals surface area contributed by atoms with Crippen molar-refractivity contribution in [2.75, 3.05) is 0 Å². The van der Waals surface area contributed by atoms with E-state index in [-0.39, 0.29) is 12.2 Å². The minimum Gasteiger partial charge on any atom is -0.389 e. The van der Waals surface area contributed by atoms with Crippen LogP contribution in [0, 0.1) is 0 Å². The van der Waals surface area contributed by atoms with Crippen LogP contribution in [0.15, 0.2) is 0 Å². The van der Waals surface area contributed by atoms with Crippen LogP contribution < -0.4 is 5.73 Å². The molecule has 4 heteroatoms. The van der Waals surface area contributed by atoms with Crippen molar-refractivity contribution in [1.82, 2.24) is 0 Å². The van der Waals surface area contributed by atoms with Gasteiger partial charge in [-0.2, -0.15) is 0 Å². The molecule has 0 saturated carbocycles. The summed E-state index contributed by atoms with van der Waals surface area (Å²) in [5, 5.41) is 18.6. The molecule has 1 heterocycles. The van der Waals surface area contributed by atoms with Gasteiger partial charge in [-0.1, -0.05) is 0 Å². The Morgan fingerprint density at radius 1 is 1.09 bits per heavy atom. The highest BCUT2D eigenvalue weighted by atomic mass is 16.5. The van der Waals surface area contributed by atoms with Crippen LogP contribution in [0.2, 0.25) is 0 Å². The summed E-state index contributed by atoms with van der Waals surface area (Å²) in [5.74, 6) is 0. The molecule has 11 heavy (non-hydrogen) atoms. The van der Waals surface area contributed by atoms with E-state index >= 15 is 0 Å². The highest BCUT2D eigenvalue weighted by Gasteiger charge is 2.38. The zero-order valence-corrected chi connectivity index (χ0v) is 6.77. The van der Waals surface area contributed by atoms with Gasteiger partial charge in [0.15, 0.2) is 0 Å². The predicted octanol–water partition coefficient (Wildman–Crippen LogP) is -1.16.